The van der Waals surface area contributed by atoms with Crippen LogP contribution in [0.5, 0.6) is 0 Å². The molecule has 2 saturated heterocycles. The van der Waals surface area contributed by atoms with Gasteiger partial charge in [0.1, 0.15) is 11.1 Å². The Morgan fingerprint density at radius 1 is 1.62 bits per heavy atom. The molecule has 1 aromatic heterocycles. The predicted octanol–water partition coefficient (Wildman–Crippen LogP) is 2.24. The molecule has 2 fully saturated rings. The number of nitrogens with zero attached hydrogens (tertiary/aromatic N) is 2. The van der Waals surface area contributed by atoms with Crippen molar-refractivity contribution in [1.82, 2.24) is 9.88 Å². The molecule has 0 bridgehead atoms. The molecule has 0 saturated carbocycles. The molecule has 0 aromatic carbocycles. The average Bonchev–Trinajstić information content (AvgIpc) is 2.96. The first-order chi connectivity index (χ1) is 7.86. The maximum absolute atomic E-state index is 5.94. The highest BCUT2D eigenvalue weighted by Gasteiger charge is 2.33. The van der Waals surface area contributed by atoms with E-state index in [4.69, 9.17) is 4.74 Å². The zero-order valence-corrected chi connectivity index (χ0v) is 10.5. The standard InChI is InChI=1S/C12H18N2OS/c1-2-10-6-13-12(16-10)11-7-14-5-3-4-9(14)8-15-11/h6,9,11H,2-5,7-8H2,1H3. The van der Waals surface area contributed by atoms with E-state index < -0.39 is 0 Å². The number of morpholine rings is 1. The predicted molar refractivity (Wildman–Crippen MR) is 64.8 cm³/mol. The number of aromatic nitrogens is 1. The van der Waals surface area contributed by atoms with Crippen LogP contribution < -0.4 is 0 Å². The molecule has 2 aliphatic heterocycles. The molecular weight excluding hydrogens is 220 g/mol. The van der Waals surface area contributed by atoms with Crippen molar-refractivity contribution < 1.29 is 4.74 Å². The highest BCUT2D eigenvalue weighted by Crippen LogP contribution is 2.31. The number of aryl methyl sites for hydroxylation is 1. The fourth-order valence-electron chi connectivity index (χ4n) is 2.60. The van der Waals surface area contributed by atoms with Gasteiger partial charge in [0.15, 0.2) is 0 Å². The zero-order valence-electron chi connectivity index (χ0n) is 9.69. The molecule has 3 heterocycles. The van der Waals surface area contributed by atoms with Crippen molar-refractivity contribution in [2.45, 2.75) is 38.3 Å². The van der Waals surface area contributed by atoms with Crippen LogP contribution in [-0.2, 0) is 11.2 Å². The monoisotopic (exact) mass is 238 g/mol. The molecular formula is C12H18N2OS. The Kier molecular flexibility index (Phi) is 2.96. The molecule has 0 amide bonds. The summed E-state index contributed by atoms with van der Waals surface area (Å²) in [7, 11) is 0. The van der Waals surface area contributed by atoms with Gasteiger partial charge in [-0.2, -0.15) is 0 Å². The van der Waals surface area contributed by atoms with E-state index in [1.165, 1.54) is 29.3 Å². The number of rotatable bonds is 2. The van der Waals surface area contributed by atoms with Gasteiger partial charge in [-0.15, -0.1) is 11.3 Å². The normalized spacial score (nSPS) is 30.6. The molecule has 0 spiro atoms. The maximum Gasteiger partial charge on any atom is 0.123 e. The van der Waals surface area contributed by atoms with Crippen molar-refractivity contribution >= 4 is 11.3 Å². The molecule has 4 heteroatoms. The van der Waals surface area contributed by atoms with E-state index in [1.54, 1.807) is 0 Å². The largest absolute Gasteiger partial charge is 0.368 e. The van der Waals surface area contributed by atoms with Crippen molar-refractivity contribution in [2.24, 2.45) is 0 Å². The summed E-state index contributed by atoms with van der Waals surface area (Å²) in [4.78, 5) is 8.43. The Bertz CT molecular complexity index is 366. The van der Waals surface area contributed by atoms with Crippen LogP contribution in [0.25, 0.3) is 0 Å². The lowest BCUT2D eigenvalue weighted by molar-refractivity contribution is -0.0502. The number of fused-ring (bicyclic) bond motifs is 1. The van der Waals surface area contributed by atoms with Gasteiger partial charge in [-0.3, -0.25) is 4.90 Å². The van der Waals surface area contributed by atoms with Crippen LogP contribution in [0.15, 0.2) is 6.20 Å². The summed E-state index contributed by atoms with van der Waals surface area (Å²) in [5.41, 5.74) is 0. The van der Waals surface area contributed by atoms with Crippen molar-refractivity contribution in [3.8, 4) is 0 Å². The number of thiazole rings is 1. The van der Waals surface area contributed by atoms with E-state index in [9.17, 15) is 0 Å². The fourth-order valence-corrected chi connectivity index (χ4v) is 3.50. The summed E-state index contributed by atoms with van der Waals surface area (Å²) in [6, 6.07) is 0.682. The second-order valence-electron chi connectivity index (χ2n) is 4.63. The van der Waals surface area contributed by atoms with E-state index in [0.717, 1.165) is 19.6 Å². The number of hydrogen-bond donors (Lipinski definition) is 0. The first-order valence-corrected chi connectivity index (χ1v) is 6.98. The minimum absolute atomic E-state index is 0.222. The highest BCUT2D eigenvalue weighted by molar-refractivity contribution is 7.11. The minimum Gasteiger partial charge on any atom is -0.368 e. The van der Waals surface area contributed by atoms with Gasteiger partial charge < -0.3 is 4.74 Å². The van der Waals surface area contributed by atoms with Gasteiger partial charge in [-0.1, -0.05) is 6.92 Å². The lowest BCUT2D eigenvalue weighted by atomic mass is 10.2. The van der Waals surface area contributed by atoms with Gasteiger partial charge in [0, 0.05) is 23.7 Å². The molecule has 1 aromatic rings. The van der Waals surface area contributed by atoms with Gasteiger partial charge >= 0.3 is 0 Å². The molecule has 16 heavy (non-hydrogen) atoms. The summed E-state index contributed by atoms with van der Waals surface area (Å²) in [6.07, 6.45) is 5.94. The minimum atomic E-state index is 0.222. The van der Waals surface area contributed by atoms with Gasteiger partial charge in [0.05, 0.1) is 6.61 Å². The van der Waals surface area contributed by atoms with E-state index in [1.807, 2.05) is 17.5 Å². The summed E-state index contributed by atoms with van der Waals surface area (Å²) < 4.78 is 5.94. The third-order valence-corrected chi connectivity index (χ3v) is 4.82. The summed E-state index contributed by atoms with van der Waals surface area (Å²) in [6.45, 7) is 5.36. The third kappa shape index (κ3) is 1.90. The van der Waals surface area contributed by atoms with Crippen molar-refractivity contribution in [3.05, 3.63) is 16.1 Å². The molecule has 2 atom stereocenters. The number of hydrogen-bond acceptors (Lipinski definition) is 4. The first kappa shape index (κ1) is 10.7. The van der Waals surface area contributed by atoms with Crippen LogP contribution in [0.3, 0.4) is 0 Å². The molecule has 0 aliphatic carbocycles. The van der Waals surface area contributed by atoms with Gasteiger partial charge in [0.2, 0.25) is 0 Å². The van der Waals surface area contributed by atoms with Crippen LogP contribution in [0, 0.1) is 0 Å². The Labute approximate surface area is 100 Å². The van der Waals surface area contributed by atoms with Gasteiger partial charge in [0.25, 0.3) is 0 Å². The van der Waals surface area contributed by atoms with Crippen molar-refractivity contribution in [1.29, 1.82) is 0 Å². The third-order valence-electron chi connectivity index (χ3n) is 3.58. The first-order valence-electron chi connectivity index (χ1n) is 6.17. The summed E-state index contributed by atoms with van der Waals surface area (Å²) in [5, 5.41) is 1.17. The Morgan fingerprint density at radius 2 is 2.56 bits per heavy atom. The van der Waals surface area contributed by atoms with E-state index in [0.29, 0.717) is 6.04 Å². The summed E-state index contributed by atoms with van der Waals surface area (Å²) in [5.74, 6) is 0. The Hall–Kier alpha value is -0.450. The molecule has 0 N–H and O–H groups in total. The van der Waals surface area contributed by atoms with Gasteiger partial charge in [-0.05, 0) is 25.8 Å². The smallest absolute Gasteiger partial charge is 0.123 e. The quantitative estimate of drug-likeness (QED) is 0.790. The van der Waals surface area contributed by atoms with E-state index in [2.05, 4.69) is 16.8 Å². The fraction of sp³-hybridized carbons (Fsp3) is 0.750. The SMILES string of the molecule is CCc1cnc(C2CN3CCCC3CO2)s1. The second-order valence-corrected chi connectivity index (χ2v) is 5.78. The topological polar surface area (TPSA) is 25.4 Å². The average molecular weight is 238 g/mol. The van der Waals surface area contributed by atoms with Crippen LogP contribution >= 0.6 is 11.3 Å². The van der Waals surface area contributed by atoms with Crippen molar-refractivity contribution in [3.63, 3.8) is 0 Å². The van der Waals surface area contributed by atoms with E-state index >= 15 is 0 Å². The Balaban J connectivity index is 1.71. The lowest BCUT2D eigenvalue weighted by Crippen LogP contribution is -2.42. The highest BCUT2D eigenvalue weighted by atomic mass is 32.1. The Morgan fingerprint density at radius 3 is 3.38 bits per heavy atom. The van der Waals surface area contributed by atoms with Crippen LogP contribution in [0.1, 0.15) is 35.8 Å². The number of ether oxygens (including phenoxy) is 1. The molecule has 2 unspecified atom stereocenters. The van der Waals surface area contributed by atoms with E-state index in [-0.39, 0.29) is 6.10 Å². The molecule has 3 rings (SSSR count). The van der Waals surface area contributed by atoms with Crippen molar-refractivity contribution in [2.75, 3.05) is 19.7 Å². The van der Waals surface area contributed by atoms with Crippen LogP contribution in [0.2, 0.25) is 0 Å². The van der Waals surface area contributed by atoms with Crippen LogP contribution in [0.4, 0.5) is 0 Å². The molecule has 0 radical (unpaired) electrons. The summed E-state index contributed by atoms with van der Waals surface area (Å²) >= 11 is 1.81. The molecule has 2 aliphatic rings. The lowest BCUT2D eigenvalue weighted by Gasteiger charge is -2.34. The second kappa shape index (κ2) is 4.43. The van der Waals surface area contributed by atoms with Crippen LogP contribution in [-0.4, -0.2) is 35.6 Å². The zero-order chi connectivity index (χ0) is 11.0. The van der Waals surface area contributed by atoms with Gasteiger partial charge in [-0.25, -0.2) is 4.98 Å². The molecule has 88 valence electrons. The maximum atomic E-state index is 5.94. The molecule has 3 nitrogen and oxygen atoms in total.